The molecule has 3 rings (SSSR count). The van der Waals surface area contributed by atoms with Crippen molar-refractivity contribution in [1.82, 2.24) is 0 Å². The molecule has 1 aliphatic heterocycles. The van der Waals surface area contributed by atoms with Gasteiger partial charge in [-0.25, -0.2) is 0 Å². The van der Waals surface area contributed by atoms with Gasteiger partial charge in [0.05, 0.1) is 18.8 Å². The Morgan fingerprint density at radius 3 is 2.46 bits per heavy atom. The van der Waals surface area contributed by atoms with Gasteiger partial charge in [0.1, 0.15) is 0 Å². The molecule has 1 amide bonds. The Bertz CT molecular complexity index is 865. The number of carbonyl (C=O) groups is 1. The zero-order chi connectivity index (χ0) is 20.3. The first-order chi connectivity index (χ1) is 13.3. The second kappa shape index (κ2) is 8.07. The first kappa shape index (κ1) is 20.0. The number of hydrogen-bond donors (Lipinski definition) is 3. The molecular formula is C19H21F3N4O2. The monoisotopic (exact) mass is 394 g/mol. The summed E-state index contributed by atoms with van der Waals surface area (Å²) >= 11 is 0. The first-order valence-corrected chi connectivity index (χ1v) is 8.73. The Labute approximate surface area is 160 Å². The number of carbonyl (C=O) groups excluding carboxylic acids is 1. The lowest BCUT2D eigenvalue weighted by Crippen LogP contribution is -2.37. The van der Waals surface area contributed by atoms with Crippen LogP contribution in [0.15, 0.2) is 36.4 Å². The third-order valence-electron chi connectivity index (χ3n) is 4.54. The molecule has 0 radical (unpaired) electrons. The zero-order valence-electron chi connectivity index (χ0n) is 15.1. The molecule has 1 fully saturated rings. The van der Waals surface area contributed by atoms with Crippen LogP contribution in [-0.4, -0.2) is 32.2 Å². The smallest absolute Gasteiger partial charge is 0.398 e. The molecule has 0 saturated carbocycles. The van der Waals surface area contributed by atoms with Crippen molar-refractivity contribution >= 4 is 23.0 Å². The highest BCUT2D eigenvalue weighted by Crippen LogP contribution is 2.37. The lowest BCUT2D eigenvalue weighted by molar-refractivity contribution is -0.137. The molecule has 28 heavy (non-hydrogen) atoms. The van der Waals surface area contributed by atoms with Gasteiger partial charge in [-0.3, -0.25) is 4.79 Å². The molecule has 6 nitrogen and oxygen atoms in total. The third kappa shape index (κ3) is 4.37. The van der Waals surface area contributed by atoms with Crippen molar-refractivity contribution < 1.29 is 22.7 Å². The van der Waals surface area contributed by atoms with E-state index in [4.69, 9.17) is 16.2 Å². The van der Waals surface area contributed by atoms with Gasteiger partial charge in [0.2, 0.25) is 0 Å². The summed E-state index contributed by atoms with van der Waals surface area (Å²) in [7, 11) is 0. The van der Waals surface area contributed by atoms with E-state index >= 15 is 0 Å². The second-order valence-corrected chi connectivity index (χ2v) is 6.40. The number of benzene rings is 2. The number of nitrogens with zero attached hydrogens (tertiary/aromatic N) is 1. The predicted molar refractivity (Wildman–Crippen MR) is 101 cm³/mol. The number of hydrogen-bond acceptors (Lipinski definition) is 5. The van der Waals surface area contributed by atoms with Crippen LogP contribution in [0.25, 0.3) is 0 Å². The molecule has 150 valence electrons. The maximum absolute atomic E-state index is 13.6. The molecule has 1 heterocycles. The molecule has 0 spiro atoms. The molecule has 0 unspecified atom stereocenters. The van der Waals surface area contributed by atoms with Crippen molar-refractivity contribution in [1.29, 1.82) is 0 Å². The summed E-state index contributed by atoms with van der Waals surface area (Å²) in [6.45, 7) is 1.69. The van der Waals surface area contributed by atoms with E-state index in [9.17, 15) is 18.0 Å². The molecule has 5 N–H and O–H groups in total. The topological polar surface area (TPSA) is 93.6 Å². The van der Waals surface area contributed by atoms with Crippen molar-refractivity contribution in [2.24, 2.45) is 5.73 Å². The molecule has 0 atom stereocenters. The average Bonchev–Trinajstić information content (AvgIpc) is 2.67. The lowest BCUT2D eigenvalue weighted by Gasteiger charge is -2.31. The van der Waals surface area contributed by atoms with E-state index in [2.05, 4.69) is 5.32 Å². The SMILES string of the molecule is NCc1ccc(NC(=O)c2ccc(N3CCOCC3)c(C(F)(F)F)c2)cc1N. The van der Waals surface area contributed by atoms with Crippen molar-refractivity contribution in [3.63, 3.8) is 0 Å². The number of anilines is 3. The number of morpholine rings is 1. The average molecular weight is 394 g/mol. The molecule has 1 aliphatic rings. The number of ether oxygens (including phenoxy) is 1. The Hall–Kier alpha value is -2.78. The fraction of sp³-hybridized carbons (Fsp3) is 0.316. The van der Waals surface area contributed by atoms with Gasteiger partial charge in [-0.15, -0.1) is 0 Å². The minimum absolute atomic E-state index is 0.0453. The highest BCUT2D eigenvalue weighted by atomic mass is 19.4. The minimum Gasteiger partial charge on any atom is -0.398 e. The Kier molecular flexibility index (Phi) is 5.76. The van der Waals surface area contributed by atoms with Crippen LogP contribution < -0.4 is 21.7 Å². The first-order valence-electron chi connectivity index (χ1n) is 8.73. The maximum atomic E-state index is 13.6. The van der Waals surface area contributed by atoms with E-state index in [1.165, 1.54) is 18.2 Å². The fourth-order valence-corrected chi connectivity index (χ4v) is 3.05. The van der Waals surface area contributed by atoms with Gasteiger partial charge in [-0.2, -0.15) is 13.2 Å². The largest absolute Gasteiger partial charge is 0.418 e. The van der Waals surface area contributed by atoms with E-state index in [-0.39, 0.29) is 17.8 Å². The number of halogens is 3. The van der Waals surface area contributed by atoms with Gasteiger partial charge in [0, 0.05) is 42.3 Å². The third-order valence-corrected chi connectivity index (χ3v) is 4.54. The highest BCUT2D eigenvalue weighted by Gasteiger charge is 2.36. The number of alkyl halides is 3. The quantitative estimate of drug-likeness (QED) is 0.694. The van der Waals surface area contributed by atoms with Crippen molar-refractivity contribution in [3.05, 3.63) is 53.1 Å². The Balaban J connectivity index is 1.87. The van der Waals surface area contributed by atoms with E-state index in [0.29, 0.717) is 43.2 Å². The number of nitrogens with one attached hydrogen (secondary N) is 1. The van der Waals surface area contributed by atoms with Gasteiger partial charge in [-0.05, 0) is 35.9 Å². The highest BCUT2D eigenvalue weighted by molar-refractivity contribution is 6.05. The molecule has 0 aliphatic carbocycles. The Morgan fingerprint density at radius 2 is 1.86 bits per heavy atom. The molecule has 0 aromatic heterocycles. The molecule has 2 aromatic rings. The van der Waals surface area contributed by atoms with Crippen LogP contribution in [0.4, 0.5) is 30.2 Å². The summed E-state index contributed by atoms with van der Waals surface area (Å²) in [5, 5.41) is 2.57. The van der Waals surface area contributed by atoms with E-state index < -0.39 is 17.6 Å². The van der Waals surface area contributed by atoms with Crippen molar-refractivity contribution in [3.8, 4) is 0 Å². The van der Waals surface area contributed by atoms with Crippen LogP contribution >= 0.6 is 0 Å². The van der Waals surface area contributed by atoms with Gasteiger partial charge in [-0.1, -0.05) is 6.07 Å². The second-order valence-electron chi connectivity index (χ2n) is 6.40. The summed E-state index contributed by atoms with van der Waals surface area (Å²) in [4.78, 5) is 14.1. The summed E-state index contributed by atoms with van der Waals surface area (Å²) in [6, 6.07) is 8.36. The van der Waals surface area contributed by atoms with Crippen molar-refractivity contribution in [2.45, 2.75) is 12.7 Å². The number of nitrogens with two attached hydrogens (primary N) is 2. The number of rotatable bonds is 4. The van der Waals surface area contributed by atoms with Crippen LogP contribution in [0.1, 0.15) is 21.5 Å². The van der Waals surface area contributed by atoms with Crippen LogP contribution in [0.3, 0.4) is 0 Å². The molecule has 1 saturated heterocycles. The number of amides is 1. The number of nitrogen functional groups attached to an aromatic ring is 1. The lowest BCUT2D eigenvalue weighted by atomic mass is 10.1. The molecular weight excluding hydrogens is 373 g/mol. The molecule has 9 heteroatoms. The summed E-state index contributed by atoms with van der Waals surface area (Å²) in [5.74, 6) is -0.654. The van der Waals surface area contributed by atoms with Gasteiger partial charge < -0.3 is 26.4 Å². The van der Waals surface area contributed by atoms with Crippen LogP contribution in [0, 0.1) is 0 Å². The fourth-order valence-electron chi connectivity index (χ4n) is 3.05. The molecule has 0 bridgehead atoms. The van der Waals surface area contributed by atoms with E-state index in [0.717, 1.165) is 6.07 Å². The van der Waals surface area contributed by atoms with Crippen LogP contribution in [0.5, 0.6) is 0 Å². The van der Waals surface area contributed by atoms with Crippen LogP contribution in [0.2, 0.25) is 0 Å². The predicted octanol–water partition coefficient (Wildman–Crippen LogP) is 2.84. The summed E-state index contributed by atoms with van der Waals surface area (Å²) in [6.07, 6.45) is -4.59. The van der Waals surface area contributed by atoms with E-state index in [1.807, 2.05) is 0 Å². The van der Waals surface area contributed by atoms with Crippen molar-refractivity contribution in [2.75, 3.05) is 42.3 Å². The normalized spacial score (nSPS) is 14.8. The maximum Gasteiger partial charge on any atom is 0.418 e. The molecule has 2 aromatic carbocycles. The standard InChI is InChI=1S/C19H21F3N4O2/c20-19(21,22)15-9-12(2-4-17(15)26-5-7-28-8-6-26)18(27)25-14-3-1-13(11-23)16(24)10-14/h1-4,9-10H,5-8,11,23-24H2,(H,25,27). The summed E-state index contributed by atoms with van der Waals surface area (Å²) < 4.78 is 46.0. The van der Waals surface area contributed by atoms with Gasteiger partial charge in [0.25, 0.3) is 5.91 Å². The summed E-state index contributed by atoms with van der Waals surface area (Å²) in [5.41, 5.74) is 12.0. The van der Waals surface area contributed by atoms with Gasteiger partial charge in [0.15, 0.2) is 0 Å². The zero-order valence-corrected chi connectivity index (χ0v) is 15.1. The van der Waals surface area contributed by atoms with Crippen LogP contribution in [-0.2, 0) is 17.5 Å². The Morgan fingerprint density at radius 1 is 1.14 bits per heavy atom. The van der Waals surface area contributed by atoms with Gasteiger partial charge >= 0.3 is 6.18 Å². The minimum atomic E-state index is -4.59. The van der Waals surface area contributed by atoms with E-state index in [1.54, 1.807) is 17.0 Å².